The molecule has 0 aliphatic heterocycles. The lowest BCUT2D eigenvalue weighted by atomic mass is 10.1. The fourth-order valence-electron chi connectivity index (χ4n) is 1.36. The lowest BCUT2D eigenvalue weighted by molar-refractivity contribution is -0.122. The molecule has 0 bridgehead atoms. The van der Waals surface area contributed by atoms with E-state index >= 15 is 0 Å². The number of aliphatic hydroxyl groups is 1. The number of carbonyl (C=O) groups is 1. The number of ether oxygens (including phenoxy) is 2. The lowest BCUT2D eigenvalue weighted by Crippen LogP contribution is -2.25. The van der Waals surface area contributed by atoms with Gasteiger partial charge in [-0.1, -0.05) is 13.0 Å². The Bertz CT molecular complexity index is 417. The summed E-state index contributed by atoms with van der Waals surface area (Å²) < 4.78 is 10.7. The maximum atomic E-state index is 10.9. The molecule has 2 atom stereocenters. The Balaban J connectivity index is 2.80. The summed E-state index contributed by atoms with van der Waals surface area (Å²) in [6.07, 6.45) is -0.572. The average Bonchev–Trinajstić information content (AvgIpc) is 2.35. The van der Waals surface area contributed by atoms with Crippen LogP contribution in [-0.4, -0.2) is 24.7 Å². The summed E-state index contributed by atoms with van der Waals surface area (Å²) in [5.41, 5.74) is 5.89. The third-order valence-corrected chi connectivity index (χ3v) is 2.64. The minimum Gasteiger partial charge on any atom is -0.493 e. The first-order valence-corrected chi connectivity index (χ1v) is 5.73. The van der Waals surface area contributed by atoms with Crippen LogP contribution in [0.25, 0.3) is 0 Å². The Morgan fingerprint density at radius 2 is 2.06 bits per heavy atom. The maximum absolute atomic E-state index is 10.9. The predicted molar refractivity (Wildman–Crippen MR) is 67.5 cm³/mol. The molecule has 0 spiro atoms. The molecule has 1 rings (SSSR count). The predicted octanol–water partition coefficient (Wildman–Crippen LogP) is 1.25. The zero-order chi connectivity index (χ0) is 13.7. The average molecular weight is 253 g/mol. The molecule has 0 aliphatic rings. The highest BCUT2D eigenvalue weighted by Crippen LogP contribution is 2.30. The van der Waals surface area contributed by atoms with Crippen molar-refractivity contribution in [2.75, 3.05) is 13.7 Å². The Hall–Kier alpha value is -1.75. The smallest absolute Gasteiger partial charge is 0.223 e. The molecule has 1 aromatic rings. The lowest BCUT2D eigenvalue weighted by Gasteiger charge is -2.14. The third-order valence-electron chi connectivity index (χ3n) is 2.64. The van der Waals surface area contributed by atoms with Crippen molar-refractivity contribution < 1.29 is 19.4 Å². The van der Waals surface area contributed by atoms with Gasteiger partial charge in [0.1, 0.15) is 0 Å². The zero-order valence-electron chi connectivity index (χ0n) is 10.8. The summed E-state index contributed by atoms with van der Waals surface area (Å²) in [4.78, 5) is 10.9. The Morgan fingerprint density at radius 1 is 1.39 bits per heavy atom. The van der Waals surface area contributed by atoms with Gasteiger partial charge >= 0.3 is 0 Å². The molecule has 0 saturated carbocycles. The molecule has 18 heavy (non-hydrogen) atoms. The van der Waals surface area contributed by atoms with Crippen LogP contribution in [0, 0.1) is 5.92 Å². The summed E-state index contributed by atoms with van der Waals surface area (Å²) in [6, 6.07) is 5.15. The van der Waals surface area contributed by atoms with Crippen LogP contribution < -0.4 is 15.2 Å². The Labute approximate surface area is 107 Å². The van der Waals surface area contributed by atoms with Gasteiger partial charge in [-0.15, -0.1) is 0 Å². The van der Waals surface area contributed by atoms with Gasteiger partial charge in [0.25, 0.3) is 0 Å². The normalized spacial score (nSPS) is 13.8. The molecule has 3 N–H and O–H groups in total. The first-order valence-electron chi connectivity index (χ1n) is 5.73. The van der Waals surface area contributed by atoms with Crippen molar-refractivity contribution in [1.82, 2.24) is 0 Å². The second-order valence-corrected chi connectivity index (χ2v) is 4.20. The van der Waals surface area contributed by atoms with Crippen molar-refractivity contribution in [2.45, 2.75) is 20.0 Å². The number of hydrogen-bond acceptors (Lipinski definition) is 4. The van der Waals surface area contributed by atoms with Crippen molar-refractivity contribution in [1.29, 1.82) is 0 Å². The minimum absolute atomic E-state index is 0.194. The first-order chi connectivity index (χ1) is 8.45. The van der Waals surface area contributed by atoms with E-state index in [-0.39, 0.29) is 12.5 Å². The van der Waals surface area contributed by atoms with Crippen molar-refractivity contribution >= 4 is 5.91 Å². The molecule has 0 radical (unpaired) electrons. The molecule has 100 valence electrons. The van der Waals surface area contributed by atoms with Gasteiger partial charge in [0.15, 0.2) is 11.5 Å². The minimum atomic E-state index is -0.572. The summed E-state index contributed by atoms with van der Waals surface area (Å²) in [6.45, 7) is 3.56. The van der Waals surface area contributed by atoms with Crippen LogP contribution in [0.3, 0.4) is 0 Å². The second kappa shape index (κ2) is 6.26. The van der Waals surface area contributed by atoms with E-state index in [1.165, 1.54) is 7.11 Å². The van der Waals surface area contributed by atoms with Crippen LogP contribution >= 0.6 is 0 Å². The van der Waals surface area contributed by atoms with E-state index in [9.17, 15) is 9.90 Å². The number of carbonyl (C=O) groups excluding carboxylic acids is 1. The number of methoxy groups -OCH3 is 1. The van der Waals surface area contributed by atoms with Crippen molar-refractivity contribution in [3.8, 4) is 11.5 Å². The SMILES string of the molecule is COc1cc(C(C)O)ccc1OCC(C)C(N)=O. The third kappa shape index (κ3) is 3.63. The molecule has 0 heterocycles. The van der Waals surface area contributed by atoms with E-state index in [0.29, 0.717) is 11.5 Å². The number of nitrogens with two attached hydrogens (primary N) is 1. The van der Waals surface area contributed by atoms with E-state index in [1.807, 2.05) is 0 Å². The molecular formula is C13H19NO4. The highest BCUT2D eigenvalue weighted by molar-refractivity contribution is 5.76. The van der Waals surface area contributed by atoms with Gasteiger partial charge in [-0.3, -0.25) is 4.79 Å². The van der Waals surface area contributed by atoms with E-state index in [4.69, 9.17) is 15.2 Å². The van der Waals surface area contributed by atoms with Crippen LogP contribution in [0.5, 0.6) is 11.5 Å². The zero-order valence-corrected chi connectivity index (χ0v) is 10.8. The van der Waals surface area contributed by atoms with E-state index in [2.05, 4.69) is 0 Å². The number of aliphatic hydroxyl groups excluding tert-OH is 1. The fraction of sp³-hybridized carbons (Fsp3) is 0.462. The highest BCUT2D eigenvalue weighted by Gasteiger charge is 2.13. The van der Waals surface area contributed by atoms with Crippen molar-refractivity contribution in [2.24, 2.45) is 11.7 Å². The van der Waals surface area contributed by atoms with Gasteiger partial charge < -0.3 is 20.3 Å². The van der Waals surface area contributed by atoms with Crippen molar-refractivity contribution in [3.05, 3.63) is 23.8 Å². The number of amides is 1. The quantitative estimate of drug-likeness (QED) is 0.799. The topological polar surface area (TPSA) is 81.8 Å². The molecule has 5 heteroatoms. The van der Waals surface area contributed by atoms with Gasteiger partial charge in [0.2, 0.25) is 5.91 Å². The monoisotopic (exact) mass is 253 g/mol. The Kier molecular flexibility index (Phi) is 4.97. The molecule has 0 aromatic heterocycles. The van der Waals surface area contributed by atoms with Gasteiger partial charge in [-0.05, 0) is 24.6 Å². The number of rotatable bonds is 6. The summed E-state index contributed by atoms with van der Waals surface area (Å²) in [5.74, 6) is 0.265. The number of primary amides is 1. The number of benzene rings is 1. The van der Waals surface area contributed by atoms with Gasteiger partial charge in [0, 0.05) is 0 Å². The van der Waals surface area contributed by atoms with Crippen LogP contribution in [0.15, 0.2) is 18.2 Å². The van der Waals surface area contributed by atoms with Crippen molar-refractivity contribution in [3.63, 3.8) is 0 Å². The maximum Gasteiger partial charge on any atom is 0.223 e. The van der Waals surface area contributed by atoms with Crippen LogP contribution in [-0.2, 0) is 4.79 Å². The molecule has 5 nitrogen and oxygen atoms in total. The standard InChI is InChI=1S/C13H19NO4/c1-8(13(14)16)7-18-11-5-4-10(9(2)15)6-12(11)17-3/h4-6,8-9,15H,7H2,1-3H3,(H2,14,16). The largest absolute Gasteiger partial charge is 0.493 e. The van der Waals surface area contributed by atoms with Gasteiger partial charge in [-0.25, -0.2) is 0 Å². The van der Waals surface area contributed by atoms with Gasteiger partial charge in [0.05, 0.1) is 25.7 Å². The van der Waals surface area contributed by atoms with E-state index in [0.717, 1.165) is 5.56 Å². The first kappa shape index (κ1) is 14.3. The van der Waals surface area contributed by atoms with Gasteiger partial charge in [-0.2, -0.15) is 0 Å². The molecule has 0 saturated heterocycles. The van der Waals surface area contributed by atoms with E-state index < -0.39 is 12.0 Å². The number of hydrogen-bond donors (Lipinski definition) is 2. The van der Waals surface area contributed by atoms with Crippen LogP contribution in [0.1, 0.15) is 25.5 Å². The molecule has 1 amide bonds. The molecule has 2 unspecified atom stereocenters. The molecule has 0 aliphatic carbocycles. The highest BCUT2D eigenvalue weighted by atomic mass is 16.5. The fourth-order valence-corrected chi connectivity index (χ4v) is 1.36. The van der Waals surface area contributed by atoms with E-state index in [1.54, 1.807) is 32.0 Å². The summed E-state index contributed by atoms with van der Waals surface area (Å²) in [5, 5.41) is 9.47. The second-order valence-electron chi connectivity index (χ2n) is 4.20. The Morgan fingerprint density at radius 3 is 2.56 bits per heavy atom. The molecular weight excluding hydrogens is 234 g/mol. The molecule has 1 aromatic carbocycles. The summed E-state index contributed by atoms with van der Waals surface area (Å²) >= 11 is 0. The van der Waals surface area contributed by atoms with Crippen LogP contribution in [0.4, 0.5) is 0 Å². The molecule has 0 fully saturated rings. The van der Waals surface area contributed by atoms with Crippen LogP contribution in [0.2, 0.25) is 0 Å². The summed E-state index contributed by atoms with van der Waals surface area (Å²) in [7, 11) is 1.52.